The van der Waals surface area contributed by atoms with Crippen molar-refractivity contribution in [3.05, 3.63) is 59.4 Å². The number of fused-ring (bicyclic) bond motifs is 1. The first kappa shape index (κ1) is 11.7. The van der Waals surface area contributed by atoms with Crippen molar-refractivity contribution in [2.24, 2.45) is 0 Å². The van der Waals surface area contributed by atoms with Gasteiger partial charge in [-0.3, -0.25) is 9.78 Å². The zero-order valence-corrected chi connectivity index (χ0v) is 10.4. The molecule has 96 valence electrons. The number of pyridine rings is 1. The number of carbonyl (C=O) groups is 1. The molecule has 0 bridgehead atoms. The van der Waals surface area contributed by atoms with Crippen LogP contribution in [0.15, 0.2) is 42.5 Å². The highest BCUT2D eigenvalue weighted by Crippen LogP contribution is 2.14. The van der Waals surface area contributed by atoms with Gasteiger partial charge in [0, 0.05) is 13.0 Å². The molecule has 1 aliphatic heterocycles. The molecule has 0 spiro atoms. The third kappa shape index (κ3) is 2.57. The largest absolute Gasteiger partial charge is 0.487 e. The normalized spacial score (nSPS) is 13.6. The Hall–Kier alpha value is -2.36. The Kier molecular flexibility index (Phi) is 3.14. The number of hydrogen-bond donors (Lipinski definition) is 1. The summed E-state index contributed by atoms with van der Waals surface area (Å²) < 4.78 is 5.65. The van der Waals surface area contributed by atoms with Crippen molar-refractivity contribution >= 4 is 5.91 Å². The number of rotatable bonds is 3. The fourth-order valence-corrected chi connectivity index (χ4v) is 2.09. The van der Waals surface area contributed by atoms with Crippen molar-refractivity contribution < 1.29 is 9.53 Å². The fraction of sp³-hybridized carbons (Fsp3) is 0.200. The molecule has 3 rings (SSSR count). The highest BCUT2D eigenvalue weighted by molar-refractivity contribution is 5.96. The molecule has 19 heavy (non-hydrogen) atoms. The van der Waals surface area contributed by atoms with Crippen LogP contribution in [0.5, 0.6) is 5.75 Å². The van der Waals surface area contributed by atoms with E-state index in [0.717, 1.165) is 23.6 Å². The van der Waals surface area contributed by atoms with E-state index in [1.165, 1.54) is 0 Å². The number of nitrogens with one attached hydrogen (secondary N) is 1. The summed E-state index contributed by atoms with van der Waals surface area (Å²) >= 11 is 0. The van der Waals surface area contributed by atoms with Crippen LogP contribution in [0.25, 0.3) is 0 Å². The Morgan fingerprint density at radius 2 is 2.00 bits per heavy atom. The molecule has 0 saturated carbocycles. The summed E-state index contributed by atoms with van der Waals surface area (Å²) in [5.41, 5.74) is 2.38. The van der Waals surface area contributed by atoms with Crippen LogP contribution in [-0.4, -0.2) is 17.4 Å². The van der Waals surface area contributed by atoms with Crippen molar-refractivity contribution in [2.45, 2.75) is 13.0 Å². The molecule has 2 aromatic rings. The standard InChI is InChI=1S/C15H14N2O2/c18-15-13-7-6-11(17-14(13)8-9-16-15)10-19-12-4-2-1-3-5-12/h1-7H,8-10H2,(H,16,18). The van der Waals surface area contributed by atoms with Gasteiger partial charge in [0.1, 0.15) is 12.4 Å². The van der Waals surface area contributed by atoms with E-state index >= 15 is 0 Å². The van der Waals surface area contributed by atoms with Crippen molar-refractivity contribution in [1.82, 2.24) is 10.3 Å². The minimum atomic E-state index is -0.0377. The van der Waals surface area contributed by atoms with E-state index in [9.17, 15) is 4.79 Å². The molecule has 0 fully saturated rings. The third-order valence-corrected chi connectivity index (χ3v) is 3.05. The van der Waals surface area contributed by atoms with E-state index in [1.807, 2.05) is 42.5 Å². The van der Waals surface area contributed by atoms with Crippen LogP contribution in [0.1, 0.15) is 21.7 Å². The Morgan fingerprint density at radius 1 is 1.16 bits per heavy atom. The lowest BCUT2D eigenvalue weighted by Crippen LogP contribution is -2.32. The molecule has 0 saturated heterocycles. The molecular formula is C15H14N2O2. The first-order valence-corrected chi connectivity index (χ1v) is 6.28. The monoisotopic (exact) mass is 254 g/mol. The molecule has 1 aliphatic rings. The zero-order chi connectivity index (χ0) is 13.1. The van der Waals surface area contributed by atoms with Crippen molar-refractivity contribution in [3.8, 4) is 5.75 Å². The van der Waals surface area contributed by atoms with E-state index in [1.54, 1.807) is 0 Å². The second kappa shape index (κ2) is 5.10. The van der Waals surface area contributed by atoms with Crippen LogP contribution >= 0.6 is 0 Å². The summed E-state index contributed by atoms with van der Waals surface area (Å²) in [6.07, 6.45) is 0.778. The van der Waals surface area contributed by atoms with Gasteiger partial charge in [-0.1, -0.05) is 18.2 Å². The summed E-state index contributed by atoms with van der Waals surface area (Å²) in [5.74, 6) is 0.782. The van der Waals surface area contributed by atoms with Gasteiger partial charge in [-0.25, -0.2) is 0 Å². The van der Waals surface area contributed by atoms with Gasteiger partial charge < -0.3 is 10.1 Å². The maximum atomic E-state index is 11.6. The number of hydrogen-bond acceptors (Lipinski definition) is 3. The Bertz CT molecular complexity index is 596. The number of carbonyl (C=O) groups excluding carboxylic acids is 1. The van der Waals surface area contributed by atoms with E-state index in [4.69, 9.17) is 4.74 Å². The molecule has 0 aliphatic carbocycles. The van der Waals surface area contributed by atoms with Gasteiger partial charge in [0.05, 0.1) is 17.0 Å². The fourth-order valence-electron chi connectivity index (χ4n) is 2.09. The molecule has 4 nitrogen and oxygen atoms in total. The van der Waals surface area contributed by atoms with Gasteiger partial charge in [-0.2, -0.15) is 0 Å². The topological polar surface area (TPSA) is 51.2 Å². The second-order valence-corrected chi connectivity index (χ2v) is 4.40. The van der Waals surface area contributed by atoms with Crippen LogP contribution in [0.2, 0.25) is 0 Å². The van der Waals surface area contributed by atoms with Crippen LogP contribution < -0.4 is 10.1 Å². The van der Waals surface area contributed by atoms with Gasteiger partial charge in [0.15, 0.2) is 0 Å². The van der Waals surface area contributed by atoms with Crippen molar-refractivity contribution in [1.29, 1.82) is 0 Å². The Labute approximate surface area is 111 Å². The summed E-state index contributed by atoms with van der Waals surface area (Å²) in [4.78, 5) is 16.1. The molecule has 1 N–H and O–H groups in total. The average molecular weight is 254 g/mol. The summed E-state index contributed by atoms with van der Waals surface area (Å²) in [6.45, 7) is 1.07. The molecular weight excluding hydrogens is 240 g/mol. The molecule has 1 amide bonds. The van der Waals surface area contributed by atoms with Gasteiger partial charge in [0.2, 0.25) is 0 Å². The predicted molar refractivity (Wildman–Crippen MR) is 71.0 cm³/mol. The third-order valence-electron chi connectivity index (χ3n) is 3.05. The number of nitrogens with zero attached hydrogens (tertiary/aromatic N) is 1. The lowest BCUT2D eigenvalue weighted by molar-refractivity contribution is 0.0945. The van der Waals surface area contributed by atoms with Crippen molar-refractivity contribution in [3.63, 3.8) is 0 Å². The molecule has 1 aromatic carbocycles. The first-order valence-electron chi connectivity index (χ1n) is 6.28. The SMILES string of the molecule is O=C1NCCc2nc(COc3ccccc3)ccc21. The van der Waals surface area contributed by atoms with E-state index in [0.29, 0.717) is 18.7 Å². The van der Waals surface area contributed by atoms with E-state index in [-0.39, 0.29) is 5.91 Å². The number of aromatic nitrogens is 1. The number of para-hydroxylation sites is 1. The van der Waals surface area contributed by atoms with Crippen LogP contribution in [0.3, 0.4) is 0 Å². The summed E-state index contributed by atoms with van der Waals surface area (Å²) in [6, 6.07) is 13.3. The lowest BCUT2D eigenvalue weighted by Gasteiger charge is -2.16. The maximum Gasteiger partial charge on any atom is 0.253 e. The average Bonchev–Trinajstić information content (AvgIpc) is 2.46. The summed E-state index contributed by atoms with van der Waals surface area (Å²) in [7, 11) is 0. The highest BCUT2D eigenvalue weighted by atomic mass is 16.5. The lowest BCUT2D eigenvalue weighted by atomic mass is 10.1. The maximum absolute atomic E-state index is 11.6. The van der Waals surface area contributed by atoms with Gasteiger partial charge in [-0.05, 0) is 24.3 Å². The molecule has 2 heterocycles. The van der Waals surface area contributed by atoms with E-state index in [2.05, 4.69) is 10.3 Å². The minimum absolute atomic E-state index is 0.0377. The molecule has 0 unspecified atom stereocenters. The predicted octanol–water partition coefficient (Wildman–Crippen LogP) is 1.95. The summed E-state index contributed by atoms with van der Waals surface area (Å²) in [5, 5.41) is 2.81. The smallest absolute Gasteiger partial charge is 0.253 e. The van der Waals surface area contributed by atoms with Crippen LogP contribution in [0.4, 0.5) is 0 Å². The Morgan fingerprint density at radius 3 is 2.84 bits per heavy atom. The minimum Gasteiger partial charge on any atom is -0.487 e. The zero-order valence-electron chi connectivity index (χ0n) is 10.4. The highest BCUT2D eigenvalue weighted by Gasteiger charge is 2.17. The second-order valence-electron chi connectivity index (χ2n) is 4.40. The van der Waals surface area contributed by atoms with Crippen molar-refractivity contribution in [2.75, 3.05) is 6.54 Å². The quantitative estimate of drug-likeness (QED) is 0.910. The number of amides is 1. The molecule has 4 heteroatoms. The number of ether oxygens (including phenoxy) is 1. The van der Waals surface area contributed by atoms with Crippen LogP contribution in [-0.2, 0) is 13.0 Å². The van der Waals surface area contributed by atoms with Gasteiger partial charge in [0.25, 0.3) is 5.91 Å². The Balaban J connectivity index is 1.74. The molecule has 0 radical (unpaired) electrons. The number of benzene rings is 1. The van der Waals surface area contributed by atoms with Gasteiger partial charge in [-0.15, -0.1) is 0 Å². The van der Waals surface area contributed by atoms with Gasteiger partial charge >= 0.3 is 0 Å². The first-order chi connectivity index (χ1) is 9.33. The molecule has 0 atom stereocenters. The van der Waals surface area contributed by atoms with E-state index < -0.39 is 0 Å². The van der Waals surface area contributed by atoms with Crippen LogP contribution in [0, 0.1) is 0 Å². The molecule has 1 aromatic heterocycles.